The smallest absolute Gasteiger partial charge is 0.246 e. The highest BCUT2D eigenvalue weighted by atomic mass is 79.9. The van der Waals surface area contributed by atoms with Crippen molar-refractivity contribution in [1.82, 2.24) is 14.3 Å². The van der Waals surface area contributed by atoms with Gasteiger partial charge in [-0.25, -0.2) is 13.4 Å². The van der Waals surface area contributed by atoms with Crippen LogP contribution in [0.2, 0.25) is 0 Å². The zero-order valence-electron chi connectivity index (χ0n) is 12.1. The fraction of sp³-hybridized carbons (Fsp3) is 0.286. The summed E-state index contributed by atoms with van der Waals surface area (Å²) < 4.78 is 33.1. The van der Waals surface area contributed by atoms with E-state index >= 15 is 0 Å². The fourth-order valence-electron chi connectivity index (χ4n) is 2.40. The molecule has 0 aliphatic carbocycles. The number of ether oxygens (including phenoxy) is 1. The van der Waals surface area contributed by atoms with Crippen LogP contribution >= 0.6 is 15.9 Å². The van der Waals surface area contributed by atoms with Gasteiger partial charge < -0.3 is 10.5 Å². The summed E-state index contributed by atoms with van der Waals surface area (Å²) in [6.45, 7) is 0.641. The lowest BCUT2D eigenvalue weighted by atomic mass is 10.3. The normalized spacial score (nSPS) is 18.9. The van der Waals surface area contributed by atoms with Crippen molar-refractivity contribution in [2.45, 2.75) is 17.4 Å². The monoisotopic (exact) mass is 398 g/mol. The molecule has 0 spiro atoms. The molecule has 3 rings (SSSR count). The Morgan fingerprint density at radius 2 is 2.22 bits per heavy atom. The van der Waals surface area contributed by atoms with Gasteiger partial charge >= 0.3 is 0 Å². The van der Waals surface area contributed by atoms with E-state index in [9.17, 15) is 8.42 Å². The van der Waals surface area contributed by atoms with Gasteiger partial charge in [-0.3, -0.25) is 4.98 Å². The van der Waals surface area contributed by atoms with Gasteiger partial charge in [0, 0.05) is 23.4 Å². The van der Waals surface area contributed by atoms with Crippen molar-refractivity contribution in [3.05, 3.63) is 41.3 Å². The van der Waals surface area contributed by atoms with Crippen molar-refractivity contribution in [3.8, 4) is 5.75 Å². The molecule has 0 saturated carbocycles. The van der Waals surface area contributed by atoms with E-state index in [2.05, 4.69) is 25.9 Å². The summed E-state index contributed by atoms with van der Waals surface area (Å²) in [6, 6.07) is 5.03. The van der Waals surface area contributed by atoms with Crippen molar-refractivity contribution in [3.63, 3.8) is 0 Å². The quantitative estimate of drug-likeness (QED) is 0.840. The number of sulfonamides is 1. The number of hydrogen-bond donors (Lipinski definition) is 1. The van der Waals surface area contributed by atoms with Gasteiger partial charge in [-0.2, -0.15) is 4.31 Å². The van der Waals surface area contributed by atoms with Gasteiger partial charge in [-0.1, -0.05) is 0 Å². The standard InChI is InChI=1S/C14H15BrN4O3S/c15-10-6-13(14(16)18-7-10)23(20,21)19-5-3-12(9-19)22-11-2-1-4-17-8-11/h1-2,4,6-8,12H,3,5,9H2,(H2,16,18). The Labute approximate surface area is 142 Å². The zero-order chi connectivity index (χ0) is 16.4. The number of halogens is 1. The maximum absolute atomic E-state index is 12.7. The summed E-state index contributed by atoms with van der Waals surface area (Å²) in [4.78, 5) is 7.87. The third kappa shape index (κ3) is 3.46. The number of hydrogen-bond acceptors (Lipinski definition) is 6. The molecule has 7 nitrogen and oxygen atoms in total. The highest BCUT2D eigenvalue weighted by Gasteiger charge is 2.35. The van der Waals surface area contributed by atoms with Crippen LogP contribution in [0, 0.1) is 0 Å². The van der Waals surface area contributed by atoms with Crippen LogP contribution in [-0.4, -0.2) is 41.9 Å². The third-order valence-electron chi connectivity index (χ3n) is 3.51. The molecule has 1 aliphatic heterocycles. The van der Waals surface area contributed by atoms with Gasteiger partial charge in [0.05, 0.1) is 12.7 Å². The lowest BCUT2D eigenvalue weighted by Crippen LogP contribution is -2.31. The number of anilines is 1. The van der Waals surface area contributed by atoms with Crippen molar-refractivity contribution in [1.29, 1.82) is 0 Å². The third-order valence-corrected chi connectivity index (χ3v) is 5.84. The minimum absolute atomic E-state index is 0.00824. The molecule has 9 heteroatoms. The van der Waals surface area contributed by atoms with Gasteiger partial charge in [0.25, 0.3) is 0 Å². The predicted octanol–water partition coefficient (Wildman–Crippen LogP) is 1.66. The Bertz CT molecular complexity index is 801. The molecule has 0 bridgehead atoms. The molecule has 0 aromatic carbocycles. The predicted molar refractivity (Wildman–Crippen MR) is 88.4 cm³/mol. The Morgan fingerprint density at radius 3 is 2.96 bits per heavy atom. The summed E-state index contributed by atoms with van der Waals surface area (Å²) in [5, 5.41) is 0. The van der Waals surface area contributed by atoms with E-state index < -0.39 is 10.0 Å². The van der Waals surface area contributed by atoms with Crippen LogP contribution in [-0.2, 0) is 10.0 Å². The van der Waals surface area contributed by atoms with Crippen LogP contribution < -0.4 is 10.5 Å². The molecule has 0 amide bonds. The van der Waals surface area contributed by atoms with E-state index in [1.165, 1.54) is 16.6 Å². The van der Waals surface area contributed by atoms with Gasteiger partial charge in [0.2, 0.25) is 10.0 Å². The molecule has 0 radical (unpaired) electrons. The first kappa shape index (κ1) is 16.2. The summed E-state index contributed by atoms with van der Waals surface area (Å²) >= 11 is 3.22. The fourth-order valence-corrected chi connectivity index (χ4v) is 4.46. The molecular weight excluding hydrogens is 384 g/mol. The van der Waals surface area contributed by atoms with E-state index in [4.69, 9.17) is 10.5 Å². The van der Waals surface area contributed by atoms with Gasteiger partial charge in [0.1, 0.15) is 22.6 Å². The summed E-state index contributed by atoms with van der Waals surface area (Å²) in [6.07, 6.45) is 5.12. The number of nitrogens with two attached hydrogens (primary N) is 1. The first-order valence-electron chi connectivity index (χ1n) is 6.94. The molecule has 1 fully saturated rings. The SMILES string of the molecule is Nc1ncc(Br)cc1S(=O)(=O)N1CCC(Oc2cccnc2)C1. The van der Waals surface area contributed by atoms with Crippen LogP contribution in [0.3, 0.4) is 0 Å². The second-order valence-electron chi connectivity index (χ2n) is 5.12. The molecule has 2 N–H and O–H groups in total. The van der Waals surface area contributed by atoms with E-state index in [1.54, 1.807) is 24.5 Å². The topological polar surface area (TPSA) is 98.4 Å². The minimum Gasteiger partial charge on any atom is -0.487 e. The molecule has 2 aromatic heterocycles. The lowest BCUT2D eigenvalue weighted by Gasteiger charge is -2.18. The Balaban J connectivity index is 1.76. The van der Waals surface area contributed by atoms with Gasteiger partial charge in [0.15, 0.2) is 0 Å². The average molecular weight is 399 g/mol. The Kier molecular flexibility index (Phi) is 4.51. The number of aromatic nitrogens is 2. The average Bonchev–Trinajstić information content (AvgIpc) is 3.00. The summed E-state index contributed by atoms with van der Waals surface area (Å²) in [7, 11) is -3.70. The first-order valence-corrected chi connectivity index (χ1v) is 9.18. The summed E-state index contributed by atoms with van der Waals surface area (Å²) in [5.41, 5.74) is 5.72. The number of rotatable bonds is 4. The molecule has 1 aliphatic rings. The van der Waals surface area contributed by atoms with Crippen LogP contribution in [0.1, 0.15) is 6.42 Å². The van der Waals surface area contributed by atoms with Crippen molar-refractivity contribution >= 4 is 31.8 Å². The molecule has 23 heavy (non-hydrogen) atoms. The number of nitrogen functional groups attached to an aromatic ring is 1. The zero-order valence-corrected chi connectivity index (χ0v) is 14.5. The van der Waals surface area contributed by atoms with Gasteiger partial charge in [-0.05, 0) is 40.5 Å². The maximum Gasteiger partial charge on any atom is 0.246 e. The van der Waals surface area contributed by atoms with Crippen molar-refractivity contribution in [2.24, 2.45) is 0 Å². The van der Waals surface area contributed by atoms with E-state index in [0.29, 0.717) is 23.2 Å². The maximum atomic E-state index is 12.7. The largest absolute Gasteiger partial charge is 0.487 e. The van der Waals surface area contributed by atoms with E-state index in [1.807, 2.05) is 0 Å². The Hall–Kier alpha value is -1.71. The second kappa shape index (κ2) is 6.42. The molecule has 2 aromatic rings. The second-order valence-corrected chi connectivity index (χ2v) is 7.94. The van der Waals surface area contributed by atoms with Crippen molar-refractivity contribution < 1.29 is 13.2 Å². The molecule has 1 atom stereocenters. The highest BCUT2D eigenvalue weighted by Crippen LogP contribution is 2.27. The van der Waals surface area contributed by atoms with Crippen molar-refractivity contribution in [2.75, 3.05) is 18.8 Å². The minimum atomic E-state index is -3.70. The number of nitrogens with zero attached hydrogens (tertiary/aromatic N) is 3. The molecular formula is C14H15BrN4O3S. The summed E-state index contributed by atoms with van der Waals surface area (Å²) in [5.74, 6) is 0.616. The molecule has 1 unspecified atom stereocenters. The molecule has 3 heterocycles. The van der Waals surface area contributed by atoms with Gasteiger partial charge in [-0.15, -0.1) is 0 Å². The lowest BCUT2D eigenvalue weighted by molar-refractivity contribution is 0.214. The van der Waals surface area contributed by atoms with Crippen LogP contribution in [0.4, 0.5) is 5.82 Å². The van der Waals surface area contributed by atoms with Crippen LogP contribution in [0.15, 0.2) is 46.2 Å². The molecule has 122 valence electrons. The first-order chi connectivity index (χ1) is 11.0. The highest BCUT2D eigenvalue weighted by molar-refractivity contribution is 9.10. The van der Waals surface area contributed by atoms with Crippen LogP contribution in [0.25, 0.3) is 0 Å². The van der Waals surface area contributed by atoms with Crippen LogP contribution in [0.5, 0.6) is 5.75 Å². The number of pyridine rings is 2. The van der Waals surface area contributed by atoms with E-state index in [-0.39, 0.29) is 23.4 Å². The Morgan fingerprint density at radius 1 is 1.39 bits per heavy atom. The molecule has 1 saturated heterocycles. The van der Waals surface area contributed by atoms with E-state index in [0.717, 1.165) is 0 Å².